The maximum absolute atomic E-state index is 12.3. The number of carbonyl (C=O) groups is 2. The Morgan fingerprint density at radius 3 is 2.41 bits per heavy atom. The summed E-state index contributed by atoms with van der Waals surface area (Å²) in [5.41, 5.74) is -0.673. The summed E-state index contributed by atoms with van der Waals surface area (Å²) in [5, 5.41) is 0. The van der Waals surface area contributed by atoms with Crippen LogP contribution in [0.5, 0.6) is 5.88 Å². The molecule has 2 rings (SSSR count). The Bertz CT molecular complexity index is 1040. The van der Waals surface area contributed by atoms with Gasteiger partial charge in [0.15, 0.2) is 5.78 Å². The van der Waals surface area contributed by atoms with E-state index in [1.807, 2.05) is 0 Å². The maximum Gasteiger partial charge on any atom is 0.330 e. The number of aromatic nitrogens is 2. The Morgan fingerprint density at radius 1 is 1.07 bits per heavy atom. The smallest absolute Gasteiger partial charge is 0.330 e. The summed E-state index contributed by atoms with van der Waals surface area (Å²) < 4.78 is 11.5. The first-order valence-corrected chi connectivity index (χ1v) is 9.12. The third-order valence-corrected chi connectivity index (χ3v) is 4.09. The molecule has 0 saturated heterocycles. The molecule has 0 saturated carbocycles. The van der Waals surface area contributed by atoms with Crippen molar-refractivity contribution in [2.24, 2.45) is 18.0 Å². The molecule has 1 aromatic rings. The van der Waals surface area contributed by atoms with Crippen molar-refractivity contribution in [3.8, 4) is 5.88 Å². The van der Waals surface area contributed by atoms with E-state index in [1.54, 1.807) is 32.1 Å². The van der Waals surface area contributed by atoms with Gasteiger partial charge in [0.2, 0.25) is 11.8 Å². The zero-order valence-corrected chi connectivity index (χ0v) is 16.7. The molecule has 0 spiro atoms. The molecule has 2 heterocycles. The molecule has 154 valence electrons. The Balaban J connectivity index is 2.31. The van der Waals surface area contributed by atoms with E-state index in [9.17, 15) is 19.2 Å². The average molecular weight is 401 g/mol. The molecule has 0 radical (unpaired) electrons. The van der Waals surface area contributed by atoms with Crippen LogP contribution in [0, 0.1) is 5.92 Å². The number of amides is 1. The van der Waals surface area contributed by atoms with E-state index in [1.165, 1.54) is 26.1 Å². The number of carbonyl (C=O) groups excluding carboxylic acids is 2. The zero-order chi connectivity index (χ0) is 21.6. The van der Waals surface area contributed by atoms with E-state index in [4.69, 9.17) is 9.47 Å². The van der Waals surface area contributed by atoms with Gasteiger partial charge in [0.25, 0.3) is 11.5 Å². The van der Waals surface area contributed by atoms with Crippen molar-refractivity contribution in [3.63, 3.8) is 0 Å². The van der Waals surface area contributed by atoms with Gasteiger partial charge >= 0.3 is 5.69 Å². The molecule has 1 aliphatic rings. The number of aromatic amines is 1. The number of nitrogens with zero attached hydrogens (tertiary/aromatic N) is 2. The van der Waals surface area contributed by atoms with Crippen LogP contribution in [0.1, 0.15) is 26.3 Å². The minimum absolute atomic E-state index is 0.00219. The van der Waals surface area contributed by atoms with Crippen LogP contribution in [0.2, 0.25) is 0 Å². The minimum Gasteiger partial charge on any atom is -0.479 e. The molecule has 0 aliphatic carbocycles. The van der Waals surface area contributed by atoms with Gasteiger partial charge in [-0.2, -0.15) is 4.99 Å². The normalized spacial score (nSPS) is 18.7. The summed E-state index contributed by atoms with van der Waals surface area (Å²) >= 11 is 0. The SMILES string of the molecule is CCOC1=NC(=O)C(C)C(=O)C1=CC=CC=Cc1c(OCC)[nH]c(=O)n(C)c1=O. The second-order valence-corrected chi connectivity index (χ2v) is 6.07. The second kappa shape index (κ2) is 9.63. The van der Waals surface area contributed by atoms with Crippen LogP contribution in [0.15, 0.2) is 44.5 Å². The second-order valence-electron chi connectivity index (χ2n) is 6.07. The van der Waals surface area contributed by atoms with Crippen LogP contribution in [0.3, 0.4) is 0 Å². The summed E-state index contributed by atoms with van der Waals surface area (Å²) in [6.45, 7) is 5.51. The number of aliphatic imine (C=N–C) groups is 1. The van der Waals surface area contributed by atoms with Gasteiger partial charge in [0, 0.05) is 7.05 Å². The number of hydrogen-bond acceptors (Lipinski definition) is 6. The van der Waals surface area contributed by atoms with Gasteiger partial charge in [-0.05, 0) is 32.9 Å². The monoisotopic (exact) mass is 401 g/mol. The number of Topliss-reactive ketones (excluding diaryl/α,β-unsaturated/α-hetero) is 1. The van der Waals surface area contributed by atoms with Crippen LogP contribution >= 0.6 is 0 Å². The highest BCUT2D eigenvalue weighted by Gasteiger charge is 2.33. The standard InChI is InChI=1S/C20H23N3O6/c1-5-28-17-13(15(24)12(3)16(25)21-17)10-8-7-9-11-14-18(29-6-2)22-20(27)23(4)19(14)26/h7-12H,5-6H2,1-4H3,(H,22,27). The fourth-order valence-electron chi connectivity index (χ4n) is 2.50. The molecule has 1 aliphatic heterocycles. The van der Waals surface area contributed by atoms with E-state index < -0.39 is 23.1 Å². The van der Waals surface area contributed by atoms with Crippen molar-refractivity contribution in [1.29, 1.82) is 0 Å². The van der Waals surface area contributed by atoms with E-state index in [-0.39, 0.29) is 41.9 Å². The number of ether oxygens (including phenoxy) is 2. The summed E-state index contributed by atoms with van der Waals surface area (Å²) in [7, 11) is 1.36. The van der Waals surface area contributed by atoms with Gasteiger partial charge in [-0.1, -0.05) is 18.2 Å². The quantitative estimate of drug-likeness (QED) is 0.434. The number of hydrogen-bond donors (Lipinski definition) is 1. The third-order valence-electron chi connectivity index (χ3n) is 4.09. The van der Waals surface area contributed by atoms with Crippen LogP contribution in [0.25, 0.3) is 6.08 Å². The molecule has 0 bridgehead atoms. The largest absolute Gasteiger partial charge is 0.479 e. The lowest BCUT2D eigenvalue weighted by Crippen LogP contribution is -2.34. The van der Waals surface area contributed by atoms with Crippen LogP contribution < -0.4 is 16.0 Å². The fourth-order valence-corrected chi connectivity index (χ4v) is 2.50. The van der Waals surface area contributed by atoms with Gasteiger partial charge in [0.1, 0.15) is 11.5 Å². The molecule has 1 unspecified atom stereocenters. The first-order chi connectivity index (χ1) is 13.8. The first kappa shape index (κ1) is 21.8. The summed E-state index contributed by atoms with van der Waals surface area (Å²) in [6.07, 6.45) is 7.71. The predicted octanol–water partition coefficient (Wildman–Crippen LogP) is 1.15. The van der Waals surface area contributed by atoms with Crippen LogP contribution in [-0.2, 0) is 21.4 Å². The number of ketones is 1. The number of H-pyrrole nitrogens is 1. The molecule has 1 atom stereocenters. The van der Waals surface area contributed by atoms with Gasteiger partial charge in [-0.25, -0.2) is 4.79 Å². The molecule has 9 nitrogen and oxygen atoms in total. The fraction of sp³-hybridized carbons (Fsp3) is 0.350. The molecule has 9 heteroatoms. The molecular weight excluding hydrogens is 378 g/mol. The van der Waals surface area contributed by atoms with Gasteiger partial charge in [0.05, 0.1) is 18.8 Å². The lowest BCUT2D eigenvalue weighted by Gasteiger charge is -2.17. The van der Waals surface area contributed by atoms with Crippen molar-refractivity contribution in [2.45, 2.75) is 20.8 Å². The van der Waals surface area contributed by atoms with E-state index in [0.29, 0.717) is 0 Å². The van der Waals surface area contributed by atoms with Crippen LogP contribution in [0.4, 0.5) is 0 Å². The van der Waals surface area contributed by atoms with Crippen molar-refractivity contribution in [3.05, 3.63) is 56.3 Å². The Hall–Kier alpha value is -3.49. The van der Waals surface area contributed by atoms with Crippen molar-refractivity contribution in [1.82, 2.24) is 9.55 Å². The van der Waals surface area contributed by atoms with Gasteiger partial charge < -0.3 is 9.47 Å². The Kier molecular flexibility index (Phi) is 7.24. The molecule has 0 aromatic carbocycles. The van der Waals surface area contributed by atoms with Gasteiger partial charge in [-0.15, -0.1) is 0 Å². The van der Waals surface area contributed by atoms with E-state index in [0.717, 1.165) is 4.57 Å². The summed E-state index contributed by atoms with van der Waals surface area (Å²) in [4.78, 5) is 54.4. The zero-order valence-electron chi connectivity index (χ0n) is 16.7. The van der Waals surface area contributed by atoms with Crippen molar-refractivity contribution < 1.29 is 19.1 Å². The Labute approximate surface area is 167 Å². The molecule has 1 amide bonds. The average Bonchev–Trinajstić information content (AvgIpc) is 2.68. The minimum atomic E-state index is -0.854. The van der Waals surface area contributed by atoms with Gasteiger partial charge in [-0.3, -0.25) is 23.9 Å². The number of rotatable bonds is 6. The third kappa shape index (κ3) is 4.87. The lowest BCUT2D eigenvalue weighted by atomic mass is 9.95. The van der Waals surface area contributed by atoms with Crippen molar-refractivity contribution >= 4 is 23.7 Å². The molecule has 1 N–H and O–H groups in total. The topological polar surface area (TPSA) is 120 Å². The van der Waals surface area contributed by atoms with E-state index in [2.05, 4.69) is 9.98 Å². The first-order valence-electron chi connectivity index (χ1n) is 9.12. The Morgan fingerprint density at radius 2 is 1.76 bits per heavy atom. The highest BCUT2D eigenvalue weighted by Crippen LogP contribution is 2.18. The van der Waals surface area contributed by atoms with E-state index >= 15 is 0 Å². The predicted molar refractivity (Wildman–Crippen MR) is 108 cm³/mol. The maximum atomic E-state index is 12.3. The molecule has 1 aromatic heterocycles. The highest BCUT2D eigenvalue weighted by atomic mass is 16.5. The van der Waals surface area contributed by atoms with Crippen LogP contribution in [-0.4, -0.2) is 40.4 Å². The van der Waals surface area contributed by atoms with Crippen molar-refractivity contribution in [2.75, 3.05) is 13.2 Å². The summed E-state index contributed by atoms with van der Waals surface area (Å²) in [6, 6.07) is 0. The lowest BCUT2D eigenvalue weighted by molar-refractivity contribution is -0.129. The summed E-state index contributed by atoms with van der Waals surface area (Å²) in [5.74, 6) is -1.66. The number of allylic oxidation sites excluding steroid dienone is 4. The molecule has 29 heavy (non-hydrogen) atoms. The highest BCUT2D eigenvalue weighted by molar-refractivity contribution is 6.30. The molecular formula is C20H23N3O6. The molecule has 0 fully saturated rings. The number of nitrogens with one attached hydrogen (secondary N) is 1.